The van der Waals surface area contributed by atoms with Crippen LogP contribution in [0.3, 0.4) is 0 Å². The van der Waals surface area contributed by atoms with Gasteiger partial charge in [0.25, 0.3) is 0 Å². The molecule has 0 aromatic heterocycles. The van der Waals surface area contributed by atoms with Crippen molar-refractivity contribution >= 4 is 0 Å². The van der Waals surface area contributed by atoms with Crippen LogP contribution in [0.4, 0.5) is 0 Å². The van der Waals surface area contributed by atoms with Gasteiger partial charge in [-0.3, -0.25) is 0 Å². The zero-order valence-corrected chi connectivity index (χ0v) is 10.7. The maximum atomic E-state index is 11.6. The molecule has 0 spiro atoms. The standard InChI is InChI=1S/C12H22O.Li/c1-9(11(2,3)4)8-10(13)12(5,6)7;/h8,13H,1H2,2-7H3;/q;+1/p-1/b10-8-;. The van der Waals surface area contributed by atoms with Crippen LogP contribution >= 0.6 is 0 Å². The number of rotatable bonds is 1. The van der Waals surface area contributed by atoms with Gasteiger partial charge in [-0.25, -0.2) is 0 Å². The maximum Gasteiger partial charge on any atom is 1.00 e. The zero-order chi connectivity index (χ0) is 10.9. The zero-order valence-electron chi connectivity index (χ0n) is 10.7. The van der Waals surface area contributed by atoms with E-state index >= 15 is 0 Å². The average molecular weight is 188 g/mol. The summed E-state index contributed by atoms with van der Waals surface area (Å²) in [6, 6.07) is 0. The molecule has 0 N–H and O–H groups in total. The van der Waals surface area contributed by atoms with Crippen LogP contribution in [0.25, 0.3) is 0 Å². The van der Waals surface area contributed by atoms with Crippen LogP contribution in [0.2, 0.25) is 0 Å². The van der Waals surface area contributed by atoms with Crippen molar-refractivity contribution in [1.29, 1.82) is 0 Å². The molecule has 0 aliphatic heterocycles. The minimum atomic E-state index is -0.297. The Morgan fingerprint density at radius 2 is 1.36 bits per heavy atom. The van der Waals surface area contributed by atoms with Crippen LogP contribution in [-0.2, 0) is 0 Å². The van der Waals surface area contributed by atoms with E-state index in [2.05, 4.69) is 27.4 Å². The van der Waals surface area contributed by atoms with E-state index in [0.29, 0.717) is 0 Å². The van der Waals surface area contributed by atoms with Crippen LogP contribution in [0.1, 0.15) is 41.5 Å². The van der Waals surface area contributed by atoms with E-state index in [4.69, 9.17) is 0 Å². The molecule has 0 unspecified atom stereocenters. The molecule has 0 aromatic carbocycles. The molecule has 0 amide bonds. The van der Waals surface area contributed by atoms with Gasteiger partial charge < -0.3 is 5.11 Å². The average Bonchev–Trinajstić information content (AvgIpc) is 1.82. The topological polar surface area (TPSA) is 23.1 Å². The van der Waals surface area contributed by atoms with Crippen molar-refractivity contribution in [2.45, 2.75) is 41.5 Å². The molecule has 76 valence electrons. The van der Waals surface area contributed by atoms with E-state index in [1.807, 2.05) is 20.8 Å². The second-order valence-electron chi connectivity index (χ2n) is 5.53. The van der Waals surface area contributed by atoms with Crippen molar-refractivity contribution in [3.05, 3.63) is 24.0 Å². The monoisotopic (exact) mass is 188 g/mol. The Labute approximate surface area is 100 Å². The predicted octanol–water partition coefficient (Wildman–Crippen LogP) is -0.117. The molecule has 0 aliphatic carbocycles. The Morgan fingerprint density at radius 1 is 1.00 bits per heavy atom. The molecule has 2 heteroatoms. The molecule has 0 fully saturated rings. The predicted molar refractivity (Wildman–Crippen MR) is 56.1 cm³/mol. The fourth-order valence-corrected chi connectivity index (χ4v) is 0.591. The van der Waals surface area contributed by atoms with Gasteiger partial charge in [0.2, 0.25) is 0 Å². The summed E-state index contributed by atoms with van der Waals surface area (Å²) < 4.78 is 0. The van der Waals surface area contributed by atoms with Crippen molar-refractivity contribution in [3.63, 3.8) is 0 Å². The molecule has 0 saturated carbocycles. The molecule has 0 radical (unpaired) electrons. The maximum absolute atomic E-state index is 11.6. The van der Waals surface area contributed by atoms with E-state index in [0.717, 1.165) is 5.57 Å². The minimum absolute atomic E-state index is 0. The van der Waals surface area contributed by atoms with Gasteiger partial charge in [-0.1, -0.05) is 59.8 Å². The summed E-state index contributed by atoms with van der Waals surface area (Å²) in [6.45, 7) is 15.8. The largest absolute Gasteiger partial charge is 1.00 e. The van der Waals surface area contributed by atoms with Gasteiger partial charge in [0.15, 0.2) is 0 Å². The fraction of sp³-hybridized carbons (Fsp3) is 0.667. The molecule has 0 saturated heterocycles. The Hall–Kier alpha value is -0.123. The third kappa shape index (κ3) is 5.57. The van der Waals surface area contributed by atoms with Crippen LogP contribution in [-0.4, -0.2) is 0 Å². The Balaban J connectivity index is 0. The summed E-state index contributed by atoms with van der Waals surface area (Å²) in [4.78, 5) is 0. The second kappa shape index (κ2) is 5.10. The minimum Gasteiger partial charge on any atom is -0.875 e. The van der Waals surface area contributed by atoms with E-state index in [-0.39, 0.29) is 35.4 Å². The normalized spacial score (nSPS) is 13.4. The van der Waals surface area contributed by atoms with Crippen LogP contribution in [0.5, 0.6) is 0 Å². The van der Waals surface area contributed by atoms with Crippen molar-refractivity contribution in [2.75, 3.05) is 0 Å². The van der Waals surface area contributed by atoms with Crippen LogP contribution < -0.4 is 24.0 Å². The Morgan fingerprint density at radius 3 is 1.57 bits per heavy atom. The van der Waals surface area contributed by atoms with Gasteiger partial charge >= 0.3 is 18.9 Å². The molecule has 1 nitrogen and oxygen atoms in total. The summed E-state index contributed by atoms with van der Waals surface area (Å²) in [7, 11) is 0. The molecule has 0 aromatic rings. The first-order valence-electron chi connectivity index (χ1n) is 4.64. The van der Waals surface area contributed by atoms with Crippen molar-refractivity contribution in [2.24, 2.45) is 10.8 Å². The third-order valence-electron chi connectivity index (χ3n) is 2.01. The van der Waals surface area contributed by atoms with Gasteiger partial charge in [0, 0.05) is 0 Å². The summed E-state index contributed by atoms with van der Waals surface area (Å²) in [5, 5.41) is 11.6. The van der Waals surface area contributed by atoms with E-state index in [1.54, 1.807) is 6.08 Å². The quantitative estimate of drug-likeness (QED) is 0.320. The summed E-state index contributed by atoms with van der Waals surface area (Å²) in [5.74, 6) is 0.146. The van der Waals surface area contributed by atoms with Crippen LogP contribution in [0.15, 0.2) is 24.0 Å². The van der Waals surface area contributed by atoms with E-state index < -0.39 is 0 Å². The Kier molecular flexibility index (Phi) is 5.94. The van der Waals surface area contributed by atoms with Crippen molar-refractivity contribution in [3.8, 4) is 0 Å². The first-order valence-corrected chi connectivity index (χ1v) is 4.64. The van der Waals surface area contributed by atoms with E-state index in [1.165, 1.54) is 0 Å². The Bertz CT molecular complexity index is 226. The smallest absolute Gasteiger partial charge is 0.875 e. The second-order valence-corrected chi connectivity index (χ2v) is 5.53. The van der Waals surface area contributed by atoms with Gasteiger partial charge in [0.1, 0.15) is 0 Å². The molecule has 0 aliphatic rings. The molecule has 0 rings (SSSR count). The number of hydrogen-bond donors (Lipinski definition) is 0. The number of hydrogen-bond acceptors (Lipinski definition) is 1. The summed E-state index contributed by atoms with van der Waals surface area (Å²) in [5.41, 5.74) is 0.585. The van der Waals surface area contributed by atoms with Gasteiger partial charge in [-0.05, 0) is 10.8 Å². The van der Waals surface area contributed by atoms with Crippen LogP contribution in [0, 0.1) is 10.8 Å². The summed E-state index contributed by atoms with van der Waals surface area (Å²) in [6.07, 6.45) is 1.67. The third-order valence-corrected chi connectivity index (χ3v) is 2.01. The molecule has 0 bridgehead atoms. The van der Waals surface area contributed by atoms with Gasteiger partial charge in [-0.2, -0.15) is 0 Å². The SMILES string of the molecule is C=C(/C=C(\[O-])C(C)(C)C)C(C)(C)C.[Li+]. The van der Waals surface area contributed by atoms with Gasteiger partial charge in [-0.15, -0.1) is 5.76 Å². The number of allylic oxidation sites excluding steroid dienone is 3. The first-order chi connectivity index (χ1) is 5.55. The summed E-state index contributed by atoms with van der Waals surface area (Å²) >= 11 is 0. The molecule has 0 heterocycles. The molecular weight excluding hydrogens is 167 g/mol. The van der Waals surface area contributed by atoms with Crippen molar-refractivity contribution < 1.29 is 24.0 Å². The fourth-order valence-electron chi connectivity index (χ4n) is 0.591. The van der Waals surface area contributed by atoms with Crippen molar-refractivity contribution in [1.82, 2.24) is 0 Å². The molecule has 0 atom stereocenters. The molecular formula is C12H21LiO. The molecule has 14 heavy (non-hydrogen) atoms. The van der Waals surface area contributed by atoms with Gasteiger partial charge in [0.05, 0.1) is 0 Å². The van der Waals surface area contributed by atoms with E-state index in [9.17, 15) is 5.11 Å². The first kappa shape index (κ1) is 16.3.